The highest BCUT2D eigenvalue weighted by atomic mass is 35.5. The molecule has 2 aromatic carbocycles. The molecule has 2 N–H and O–H groups in total. The van der Waals surface area contributed by atoms with Crippen molar-refractivity contribution in [3.8, 4) is 0 Å². The van der Waals surface area contributed by atoms with Crippen molar-refractivity contribution in [2.24, 2.45) is 0 Å². The molecule has 2 amide bonds. The highest BCUT2D eigenvalue weighted by Crippen LogP contribution is 2.18. The lowest BCUT2D eigenvalue weighted by Crippen LogP contribution is -2.41. The summed E-state index contributed by atoms with van der Waals surface area (Å²) >= 11 is 11.1. The average molecular weight is 404 g/mol. The minimum atomic E-state index is -0.360. The number of carbonyl (C=O) groups excluding carboxylic acids is 2. The lowest BCUT2D eigenvalue weighted by molar-refractivity contribution is 0.0303. The van der Waals surface area contributed by atoms with Crippen LogP contribution in [0.1, 0.15) is 20.7 Å². The molecule has 2 aromatic rings. The molecule has 1 heterocycles. The smallest absolute Gasteiger partial charge is 0.257 e. The van der Waals surface area contributed by atoms with E-state index in [-0.39, 0.29) is 16.9 Å². The molecule has 0 bridgehead atoms. The zero-order chi connectivity index (χ0) is 19.2. The van der Waals surface area contributed by atoms with Crippen LogP contribution in [-0.2, 0) is 4.74 Å². The molecular weight excluding hydrogens is 386 g/mol. The normalized spacial score (nSPS) is 13.7. The van der Waals surface area contributed by atoms with Crippen molar-refractivity contribution in [2.45, 2.75) is 0 Å². The number of ether oxygens (including phenoxy) is 1. The van der Waals surface area contributed by atoms with E-state index in [0.717, 1.165) is 0 Å². The third-order valence-corrected chi connectivity index (χ3v) is 4.49. The van der Waals surface area contributed by atoms with Crippen LogP contribution in [0.3, 0.4) is 0 Å². The zero-order valence-electron chi connectivity index (χ0n) is 14.4. The number of benzene rings is 2. The number of nitrogens with one attached hydrogen (secondary N) is 2. The van der Waals surface area contributed by atoms with Crippen molar-refractivity contribution < 1.29 is 14.3 Å². The fraction of sp³-hybridized carbons (Fsp3) is 0.211. The van der Waals surface area contributed by atoms with E-state index < -0.39 is 0 Å². The number of rotatable bonds is 3. The van der Waals surface area contributed by atoms with E-state index in [1.807, 2.05) is 0 Å². The van der Waals surface area contributed by atoms with E-state index in [2.05, 4.69) is 10.6 Å². The molecule has 0 unspecified atom stereocenters. The Balaban J connectivity index is 1.68. The Bertz CT molecular complexity index is 852. The summed E-state index contributed by atoms with van der Waals surface area (Å²) in [5, 5.41) is 6.19. The highest BCUT2D eigenvalue weighted by molar-refractivity contribution is 7.80. The molecule has 0 saturated carbocycles. The van der Waals surface area contributed by atoms with Gasteiger partial charge in [0.2, 0.25) is 0 Å². The van der Waals surface area contributed by atoms with Crippen LogP contribution >= 0.6 is 23.8 Å². The van der Waals surface area contributed by atoms with Gasteiger partial charge in [0.15, 0.2) is 5.11 Å². The topological polar surface area (TPSA) is 70.7 Å². The SMILES string of the molecule is O=C(NC(=S)Nc1ccccc1C(=O)N1CCOCC1)c1ccc(Cl)cc1. The minimum absolute atomic E-state index is 0.103. The van der Waals surface area contributed by atoms with E-state index in [9.17, 15) is 9.59 Å². The predicted octanol–water partition coefficient (Wildman–Crippen LogP) is 2.94. The van der Waals surface area contributed by atoms with Crippen molar-refractivity contribution in [2.75, 3.05) is 31.6 Å². The van der Waals surface area contributed by atoms with Crippen LogP contribution in [-0.4, -0.2) is 48.1 Å². The summed E-state index contributed by atoms with van der Waals surface area (Å²) in [6, 6.07) is 13.5. The first-order chi connectivity index (χ1) is 13.0. The summed E-state index contributed by atoms with van der Waals surface area (Å²) in [7, 11) is 0. The number of nitrogens with zero attached hydrogens (tertiary/aromatic N) is 1. The van der Waals surface area contributed by atoms with Gasteiger partial charge in [-0.25, -0.2) is 0 Å². The molecule has 27 heavy (non-hydrogen) atoms. The van der Waals surface area contributed by atoms with Crippen LogP contribution < -0.4 is 10.6 Å². The third kappa shape index (κ3) is 5.03. The Labute approximate surface area is 167 Å². The maximum atomic E-state index is 12.8. The Hall–Kier alpha value is -2.48. The lowest BCUT2D eigenvalue weighted by Gasteiger charge is -2.27. The number of anilines is 1. The lowest BCUT2D eigenvalue weighted by atomic mass is 10.1. The fourth-order valence-electron chi connectivity index (χ4n) is 2.65. The van der Waals surface area contributed by atoms with Gasteiger partial charge < -0.3 is 15.0 Å². The second kappa shape index (κ2) is 8.94. The van der Waals surface area contributed by atoms with Crippen molar-refractivity contribution in [3.05, 3.63) is 64.7 Å². The van der Waals surface area contributed by atoms with Crippen molar-refractivity contribution >= 4 is 46.4 Å². The van der Waals surface area contributed by atoms with Gasteiger partial charge in [-0.3, -0.25) is 14.9 Å². The molecule has 1 fully saturated rings. The first-order valence-electron chi connectivity index (χ1n) is 8.38. The van der Waals surface area contributed by atoms with Crippen LogP contribution in [0.4, 0.5) is 5.69 Å². The summed E-state index contributed by atoms with van der Waals surface area (Å²) in [5.74, 6) is -0.464. The largest absolute Gasteiger partial charge is 0.378 e. The third-order valence-electron chi connectivity index (χ3n) is 4.04. The predicted molar refractivity (Wildman–Crippen MR) is 108 cm³/mol. The molecule has 1 saturated heterocycles. The van der Waals surface area contributed by atoms with E-state index >= 15 is 0 Å². The molecule has 0 spiro atoms. The van der Waals surface area contributed by atoms with E-state index in [1.54, 1.807) is 53.4 Å². The average Bonchev–Trinajstić information content (AvgIpc) is 2.69. The summed E-state index contributed by atoms with van der Waals surface area (Å²) in [4.78, 5) is 26.8. The maximum absolute atomic E-state index is 12.8. The van der Waals surface area contributed by atoms with Gasteiger partial charge in [0.05, 0.1) is 24.5 Å². The number of hydrogen-bond acceptors (Lipinski definition) is 4. The number of morpholine rings is 1. The Morgan fingerprint density at radius 2 is 1.70 bits per heavy atom. The number of amides is 2. The van der Waals surface area contributed by atoms with Crippen molar-refractivity contribution in [1.82, 2.24) is 10.2 Å². The van der Waals surface area contributed by atoms with Gasteiger partial charge >= 0.3 is 0 Å². The van der Waals surface area contributed by atoms with Gasteiger partial charge in [-0.15, -0.1) is 0 Å². The van der Waals surface area contributed by atoms with E-state index in [4.69, 9.17) is 28.6 Å². The Morgan fingerprint density at radius 3 is 2.41 bits per heavy atom. The van der Waals surface area contributed by atoms with Gasteiger partial charge in [0, 0.05) is 23.7 Å². The molecule has 6 nitrogen and oxygen atoms in total. The van der Waals surface area contributed by atoms with Crippen molar-refractivity contribution in [3.63, 3.8) is 0 Å². The summed E-state index contributed by atoms with van der Waals surface area (Å²) in [6.07, 6.45) is 0. The fourth-order valence-corrected chi connectivity index (χ4v) is 2.97. The zero-order valence-corrected chi connectivity index (χ0v) is 16.0. The minimum Gasteiger partial charge on any atom is -0.378 e. The summed E-state index contributed by atoms with van der Waals surface area (Å²) < 4.78 is 5.29. The maximum Gasteiger partial charge on any atom is 0.257 e. The van der Waals surface area contributed by atoms with Gasteiger partial charge in [0.1, 0.15) is 0 Å². The number of hydrogen-bond donors (Lipinski definition) is 2. The van der Waals surface area contributed by atoms with Crippen LogP contribution in [0.2, 0.25) is 5.02 Å². The van der Waals surface area contributed by atoms with Crippen molar-refractivity contribution in [1.29, 1.82) is 0 Å². The second-order valence-corrected chi connectivity index (χ2v) is 6.71. The molecule has 0 aromatic heterocycles. The number of halogens is 1. The standard InChI is InChI=1S/C19H18ClN3O3S/c20-14-7-5-13(6-8-14)17(24)22-19(27)21-16-4-2-1-3-15(16)18(25)23-9-11-26-12-10-23/h1-8H,9-12H2,(H2,21,22,24,27). The second-order valence-electron chi connectivity index (χ2n) is 5.87. The van der Waals surface area contributed by atoms with Crippen LogP contribution in [0.25, 0.3) is 0 Å². The summed E-state index contributed by atoms with van der Waals surface area (Å²) in [5.41, 5.74) is 1.46. The summed E-state index contributed by atoms with van der Waals surface area (Å²) in [6.45, 7) is 2.14. The molecule has 0 aliphatic carbocycles. The molecule has 0 atom stereocenters. The Kier molecular flexibility index (Phi) is 6.39. The van der Waals surface area contributed by atoms with E-state index in [0.29, 0.717) is 48.1 Å². The van der Waals surface area contributed by atoms with Crippen LogP contribution in [0, 0.1) is 0 Å². The van der Waals surface area contributed by atoms with Gasteiger partial charge in [-0.1, -0.05) is 23.7 Å². The highest BCUT2D eigenvalue weighted by Gasteiger charge is 2.21. The number of para-hydroxylation sites is 1. The first-order valence-corrected chi connectivity index (χ1v) is 9.17. The van der Waals surface area contributed by atoms with Crippen LogP contribution in [0.15, 0.2) is 48.5 Å². The number of thiocarbonyl (C=S) groups is 1. The van der Waals surface area contributed by atoms with Crippen LogP contribution in [0.5, 0.6) is 0 Å². The first kappa shape index (κ1) is 19.3. The monoisotopic (exact) mass is 403 g/mol. The Morgan fingerprint density at radius 1 is 1.04 bits per heavy atom. The molecule has 3 rings (SSSR count). The van der Waals surface area contributed by atoms with Gasteiger partial charge in [0.25, 0.3) is 11.8 Å². The molecule has 140 valence electrons. The van der Waals surface area contributed by atoms with E-state index in [1.165, 1.54) is 0 Å². The molecule has 1 aliphatic heterocycles. The number of carbonyl (C=O) groups is 2. The molecule has 8 heteroatoms. The molecular formula is C19H18ClN3O3S. The van der Waals surface area contributed by atoms with Gasteiger partial charge in [-0.2, -0.15) is 0 Å². The molecule has 0 radical (unpaired) electrons. The quantitative estimate of drug-likeness (QED) is 0.771. The van der Waals surface area contributed by atoms with Gasteiger partial charge in [-0.05, 0) is 48.6 Å². The molecule has 1 aliphatic rings.